The number of hydrogen-bond donors (Lipinski definition) is 0. The molecule has 0 spiro atoms. The Morgan fingerprint density at radius 3 is 2.17 bits per heavy atom. The Morgan fingerprint density at radius 1 is 1.25 bits per heavy atom. The van der Waals surface area contributed by atoms with Gasteiger partial charge >= 0.3 is 0 Å². The van der Waals surface area contributed by atoms with Gasteiger partial charge in [-0.1, -0.05) is 33.6 Å². The quantitative estimate of drug-likeness (QED) is 0.341. The molecule has 2 heteroatoms. The van der Waals surface area contributed by atoms with Crippen LogP contribution in [0.25, 0.3) is 0 Å². The number of hydrogen-bond acceptors (Lipinski definition) is 2. The third kappa shape index (κ3) is 1.80. The van der Waals surface area contributed by atoms with Crippen LogP contribution in [0.5, 0.6) is 0 Å². The molecule has 0 N–H and O–H groups in total. The minimum atomic E-state index is -0.623. The highest BCUT2D eigenvalue weighted by Gasteiger charge is 2.57. The van der Waals surface area contributed by atoms with Gasteiger partial charge in [0.2, 0.25) is 0 Å². The first-order valence-corrected chi connectivity index (χ1v) is 4.39. The molecule has 0 unspecified atom stereocenters. The lowest BCUT2D eigenvalue weighted by atomic mass is 9.87. The topological polar surface area (TPSA) is 25.1 Å². The van der Waals surface area contributed by atoms with Gasteiger partial charge in [0.1, 0.15) is 0 Å². The van der Waals surface area contributed by atoms with Gasteiger partial charge in [0.25, 0.3) is 5.79 Å². The summed E-state index contributed by atoms with van der Waals surface area (Å²) in [5.74, 6) is 5.44. The lowest BCUT2D eigenvalue weighted by molar-refractivity contribution is 0.0850. The lowest BCUT2D eigenvalue weighted by Crippen LogP contribution is -2.27. The van der Waals surface area contributed by atoms with Crippen LogP contribution in [-0.4, -0.2) is 5.79 Å². The summed E-state index contributed by atoms with van der Waals surface area (Å²) in [5, 5.41) is 0. The average Bonchev–Trinajstić information content (AvgIpc) is 2.67. The van der Waals surface area contributed by atoms with E-state index in [4.69, 9.17) is 9.78 Å². The Bertz CT molecular complexity index is 210. The smallest absolute Gasteiger partial charge is 0.179 e. The van der Waals surface area contributed by atoms with E-state index >= 15 is 0 Å². The zero-order chi connectivity index (χ0) is 9.24. The van der Waals surface area contributed by atoms with Crippen molar-refractivity contribution in [2.24, 2.45) is 5.41 Å². The number of unbranched alkanes of at least 4 members (excludes halogenated alkanes) is 1. The van der Waals surface area contributed by atoms with E-state index in [-0.39, 0.29) is 5.41 Å². The molecule has 1 saturated heterocycles. The second kappa shape index (κ2) is 3.08. The van der Waals surface area contributed by atoms with Crippen molar-refractivity contribution in [1.29, 1.82) is 0 Å². The molecule has 12 heavy (non-hydrogen) atoms. The zero-order valence-electron chi connectivity index (χ0n) is 8.23. The van der Waals surface area contributed by atoms with E-state index in [0.717, 1.165) is 12.8 Å². The zero-order valence-corrected chi connectivity index (χ0v) is 8.23. The van der Waals surface area contributed by atoms with Gasteiger partial charge in [-0.05, 0) is 12.3 Å². The molecule has 1 heterocycles. The van der Waals surface area contributed by atoms with Gasteiger partial charge in [0, 0.05) is 11.8 Å². The van der Waals surface area contributed by atoms with Gasteiger partial charge in [-0.3, -0.25) is 0 Å². The van der Waals surface area contributed by atoms with Gasteiger partial charge in [0.15, 0.2) is 0 Å². The Kier molecular flexibility index (Phi) is 2.46. The Labute approximate surface area is 74.2 Å². The molecule has 0 aromatic heterocycles. The van der Waals surface area contributed by atoms with Crippen molar-refractivity contribution in [1.82, 2.24) is 0 Å². The normalized spacial score (nSPS) is 19.7. The highest BCUT2D eigenvalue weighted by Crippen LogP contribution is 2.45. The summed E-state index contributed by atoms with van der Waals surface area (Å²) in [5.41, 5.74) is -0.0618. The Hall–Kier alpha value is -0.520. The predicted molar refractivity (Wildman–Crippen MR) is 47.0 cm³/mol. The van der Waals surface area contributed by atoms with Crippen molar-refractivity contribution in [2.75, 3.05) is 0 Å². The fraction of sp³-hybridized carbons (Fsp3) is 0.800. The van der Waals surface area contributed by atoms with Crippen LogP contribution in [0.15, 0.2) is 0 Å². The van der Waals surface area contributed by atoms with Gasteiger partial charge in [0.05, 0.1) is 0 Å². The van der Waals surface area contributed by atoms with Crippen LogP contribution in [0.2, 0.25) is 0 Å². The molecule has 0 bridgehead atoms. The molecule has 0 radical (unpaired) electrons. The van der Waals surface area contributed by atoms with Crippen LogP contribution in [-0.2, 0) is 9.78 Å². The van der Waals surface area contributed by atoms with Crippen molar-refractivity contribution >= 4 is 0 Å². The molecule has 0 aliphatic carbocycles. The van der Waals surface area contributed by atoms with Crippen LogP contribution in [0, 0.1) is 17.3 Å². The van der Waals surface area contributed by atoms with Gasteiger partial charge < -0.3 is 0 Å². The molecular weight excluding hydrogens is 152 g/mol. The van der Waals surface area contributed by atoms with E-state index in [1.54, 1.807) is 0 Å². The average molecular weight is 168 g/mol. The molecule has 0 amide bonds. The fourth-order valence-corrected chi connectivity index (χ4v) is 0.825. The van der Waals surface area contributed by atoms with E-state index < -0.39 is 5.79 Å². The second-order valence-corrected chi connectivity index (χ2v) is 4.09. The fourth-order valence-electron chi connectivity index (χ4n) is 0.825. The van der Waals surface area contributed by atoms with Gasteiger partial charge in [-0.25, -0.2) is 0 Å². The maximum atomic E-state index is 4.93. The Morgan fingerprint density at radius 2 is 1.83 bits per heavy atom. The van der Waals surface area contributed by atoms with Crippen LogP contribution >= 0.6 is 0 Å². The van der Waals surface area contributed by atoms with E-state index in [1.165, 1.54) is 0 Å². The van der Waals surface area contributed by atoms with Gasteiger partial charge in [-0.15, -0.1) is 0 Å². The molecule has 0 aromatic carbocycles. The molecule has 2 nitrogen and oxygen atoms in total. The first-order chi connectivity index (χ1) is 5.52. The maximum Gasteiger partial charge on any atom is 0.298 e. The molecule has 0 saturated carbocycles. The first-order valence-electron chi connectivity index (χ1n) is 4.39. The summed E-state index contributed by atoms with van der Waals surface area (Å²) < 4.78 is 0. The summed E-state index contributed by atoms with van der Waals surface area (Å²) in [6, 6.07) is 0. The molecule has 68 valence electrons. The van der Waals surface area contributed by atoms with Crippen molar-refractivity contribution in [2.45, 2.75) is 46.3 Å². The maximum absolute atomic E-state index is 4.93. The summed E-state index contributed by atoms with van der Waals surface area (Å²) in [6.07, 6.45) is 1.98. The van der Waals surface area contributed by atoms with Crippen LogP contribution in [0.4, 0.5) is 0 Å². The minimum Gasteiger partial charge on any atom is -0.179 e. The van der Waals surface area contributed by atoms with Crippen molar-refractivity contribution < 1.29 is 9.78 Å². The molecule has 1 aliphatic rings. The SMILES string of the molecule is CCCC#CC1(C(C)(C)C)OO1. The van der Waals surface area contributed by atoms with Crippen LogP contribution in [0.3, 0.4) is 0 Å². The summed E-state index contributed by atoms with van der Waals surface area (Å²) in [6.45, 7) is 8.27. The molecule has 0 aromatic rings. The predicted octanol–water partition coefficient (Wildman–Crippen LogP) is 2.49. The molecule has 0 atom stereocenters. The third-order valence-corrected chi connectivity index (χ3v) is 1.87. The second-order valence-electron chi connectivity index (χ2n) is 4.09. The highest BCUT2D eigenvalue weighted by molar-refractivity contribution is 5.17. The van der Waals surface area contributed by atoms with E-state index in [2.05, 4.69) is 39.5 Å². The minimum absolute atomic E-state index is 0.0618. The van der Waals surface area contributed by atoms with Gasteiger partial charge in [-0.2, -0.15) is 9.78 Å². The van der Waals surface area contributed by atoms with E-state index in [1.807, 2.05) is 0 Å². The lowest BCUT2D eigenvalue weighted by Gasteiger charge is -2.17. The van der Waals surface area contributed by atoms with Crippen LogP contribution in [0.1, 0.15) is 40.5 Å². The van der Waals surface area contributed by atoms with Crippen molar-refractivity contribution in [3.8, 4) is 11.8 Å². The van der Waals surface area contributed by atoms with E-state index in [9.17, 15) is 0 Å². The standard InChI is InChI=1S/C10H16O2/c1-5-6-7-8-10(11-12-10)9(2,3)4/h5-6H2,1-4H3. The molecule has 1 fully saturated rings. The summed E-state index contributed by atoms with van der Waals surface area (Å²) >= 11 is 0. The summed E-state index contributed by atoms with van der Waals surface area (Å²) in [7, 11) is 0. The Balaban J connectivity index is 2.58. The van der Waals surface area contributed by atoms with E-state index in [0.29, 0.717) is 0 Å². The highest BCUT2D eigenvalue weighted by atomic mass is 17.4. The third-order valence-electron chi connectivity index (χ3n) is 1.87. The number of rotatable bonds is 1. The largest absolute Gasteiger partial charge is 0.298 e. The molecule has 1 rings (SSSR count). The van der Waals surface area contributed by atoms with Crippen molar-refractivity contribution in [3.05, 3.63) is 0 Å². The van der Waals surface area contributed by atoms with Crippen LogP contribution < -0.4 is 0 Å². The first kappa shape index (κ1) is 9.57. The summed E-state index contributed by atoms with van der Waals surface area (Å²) in [4.78, 5) is 9.87. The molecule has 1 aliphatic heterocycles. The monoisotopic (exact) mass is 168 g/mol. The van der Waals surface area contributed by atoms with Crippen molar-refractivity contribution in [3.63, 3.8) is 0 Å². The molecular formula is C10H16O2.